The fraction of sp³-hybridized carbons (Fsp3) is 0.368. The number of hydrogen-bond donors (Lipinski definition) is 0. The van der Waals surface area contributed by atoms with E-state index in [0.29, 0.717) is 8.58 Å². The second kappa shape index (κ2) is 8.25. The van der Waals surface area contributed by atoms with Crippen LogP contribution in [0.2, 0.25) is 0 Å². The molecule has 4 heteroatoms. The summed E-state index contributed by atoms with van der Waals surface area (Å²) in [7, 11) is 2.14. The number of aryl methyl sites for hydroxylation is 3. The van der Waals surface area contributed by atoms with Gasteiger partial charge in [-0.1, -0.05) is 40.8 Å². The molecular formula is C19H26O2P2. The Kier molecular flexibility index (Phi) is 6.60. The lowest BCUT2D eigenvalue weighted by Gasteiger charge is -2.19. The average molecular weight is 348 g/mol. The zero-order chi connectivity index (χ0) is 17.0. The minimum Gasteiger partial charge on any atom is -0.467 e. The molecular weight excluding hydrogens is 322 g/mol. The van der Waals surface area contributed by atoms with Gasteiger partial charge in [-0.15, -0.1) is 0 Å². The van der Waals surface area contributed by atoms with Gasteiger partial charge < -0.3 is 9.47 Å². The largest absolute Gasteiger partial charge is 0.467 e. The van der Waals surface area contributed by atoms with E-state index in [0.717, 1.165) is 5.75 Å². The Morgan fingerprint density at radius 1 is 1.04 bits per heavy atom. The lowest BCUT2D eigenvalue weighted by atomic mass is 10.1. The first-order chi connectivity index (χ1) is 10.9. The predicted molar refractivity (Wildman–Crippen MR) is 106 cm³/mol. The van der Waals surface area contributed by atoms with Crippen molar-refractivity contribution in [1.82, 2.24) is 0 Å². The highest BCUT2D eigenvalue weighted by molar-refractivity contribution is 7.67. The molecule has 0 aliphatic heterocycles. The molecule has 2 rings (SSSR count). The van der Waals surface area contributed by atoms with Crippen molar-refractivity contribution in [3.63, 3.8) is 0 Å². The van der Waals surface area contributed by atoms with Crippen LogP contribution in [0, 0.1) is 20.8 Å². The molecule has 0 aliphatic carbocycles. The first-order valence-electron chi connectivity index (χ1n) is 7.71. The normalized spacial score (nSPS) is 11.6. The lowest BCUT2D eigenvalue weighted by molar-refractivity contribution is 0.0514. The van der Waals surface area contributed by atoms with Crippen LogP contribution in [0.25, 0.3) is 0 Å². The van der Waals surface area contributed by atoms with Crippen LogP contribution in [0.3, 0.4) is 0 Å². The fourth-order valence-electron chi connectivity index (χ4n) is 2.68. The smallest absolute Gasteiger partial charge is 0.188 e. The molecule has 0 fully saturated rings. The van der Waals surface area contributed by atoms with E-state index in [-0.39, 0.29) is 14.7 Å². The van der Waals surface area contributed by atoms with Gasteiger partial charge in [0.05, 0.1) is 0 Å². The summed E-state index contributed by atoms with van der Waals surface area (Å²) >= 11 is 0. The highest BCUT2D eigenvalue weighted by Gasteiger charge is 2.14. The number of ether oxygens (including phenoxy) is 2. The van der Waals surface area contributed by atoms with Crippen molar-refractivity contribution in [2.75, 3.05) is 27.2 Å². The first kappa shape index (κ1) is 18.4. The van der Waals surface area contributed by atoms with Gasteiger partial charge in [-0.2, -0.15) is 0 Å². The summed E-state index contributed by atoms with van der Waals surface area (Å²) < 4.78 is 11.0. The zero-order valence-corrected chi connectivity index (χ0v) is 16.8. The summed E-state index contributed by atoms with van der Waals surface area (Å²) in [4.78, 5) is 0. The SMILES string of the molecule is COCOc1c(C)cc(C)cc1Pc1c(C)cccc1P(C)C. The third-order valence-corrected chi connectivity index (χ3v) is 6.83. The molecule has 0 bridgehead atoms. The van der Waals surface area contributed by atoms with Crippen LogP contribution in [0.5, 0.6) is 5.75 Å². The highest BCUT2D eigenvalue weighted by atomic mass is 31.1. The maximum atomic E-state index is 5.87. The number of hydrogen-bond acceptors (Lipinski definition) is 2. The number of rotatable bonds is 6. The second-order valence-electron chi connectivity index (χ2n) is 6.00. The lowest BCUT2D eigenvalue weighted by Crippen LogP contribution is -2.24. The first-order valence-corrected chi connectivity index (χ1v) is 10.9. The molecule has 23 heavy (non-hydrogen) atoms. The monoisotopic (exact) mass is 348 g/mol. The van der Waals surface area contributed by atoms with E-state index in [1.807, 2.05) is 0 Å². The summed E-state index contributed by atoms with van der Waals surface area (Å²) in [6.07, 6.45) is 0. The van der Waals surface area contributed by atoms with Crippen LogP contribution in [0.4, 0.5) is 0 Å². The van der Waals surface area contributed by atoms with Crippen LogP contribution in [0.1, 0.15) is 16.7 Å². The minimum atomic E-state index is -0.123. The Balaban J connectivity index is 2.48. The summed E-state index contributed by atoms with van der Waals surface area (Å²) in [5.74, 6) is 0.974. The van der Waals surface area contributed by atoms with E-state index in [9.17, 15) is 0 Å². The van der Waals surface area contributed by atoms with Gasteiger partial charge in [0, 0.05) is 12.4 Å². The standard InChI is InChI=1S/C19H26O2P2/c1-13-10-15(3)18(21-12-20-4)16(11-13)22-19-14(2)8-7-9-17(19)23(5)6/h7-11,22H,12H2,1-6H3. The maximum Gasteiger partial charge on any atom is 0.188 e. The zero-order valence-electron chi connectivity index (χ0n) is 14.9. The fourth-order valence-corrected chi connectivity index (χ4v) is 5.97. The maximum absolute atomic E-state index is 5.87. The van der Waals surface area contributed by atoms with Gasteiger partial charge in [-0.05, 0) is 67.5 Å². The second-order valence-corrected chi connectivity index (χ2v) is 9.56. The van der Waals surface area contributed by atoms with E-state index >= 15 is 0 Å². The van der Waals surface area contributed by atoms with Gasteiger partial charge in [0.1, 0.15) is 5.75 Å². The molecule has 0 saturated carbocycles. The molecule has 0 spiro atoms. The highest BCUT2D eigenvalue weighted by Crippen LogP contribution is 2.29. The molecule has 0 aliphatic rings. The average Bonchev–Trinajstić information content (AvgIpc) is 2.48. The van der Waals surface area contributed by atoms with Gasteiger partial charge in [0.2, 0.25) is 0 Å². The van der Waals surface area contributed by atoms with E-state index in [1.54, 1.807) is 7.11 Å². The number of methoxy groups -OCH3 is 1. The molecule has 0 N–H and O–H groups in total. The summed E-state index contributed by atoms with van der Waals surface area (Å²) in [5, 5.41) is 4.23. The van der Waals surface area contributed by atoms with Crippen LogP contribution in [0.15, 0.2) is 30.3 Å². The number of benzene rings is 2. The van der Waals surface area contributed by atoms with Gasteiger partial charge in [-0.3, -0.25) is 0 Å². The molecule has 2 aromatic carbocycles. The van der Waals surface area contributed by atoms with Crippen molar-refractivity contribution >= 4 is 32.4 Å². The van der Waals surface area contributed by atoms with Crippen molar-refractivity contribution in [2.24, 2.45) is 0 Å². The Labute approximate surface area is 143 Å². The molecule has 1 unspecified atom stereocenters. The summed E-state index contributed by atoms with van der Waals surface area (Å²) in [5.41, 5.74) is 3.82. The molecule has 0 amide bonds. The molecule has 0 saturated heterocycles. The topological polar surface area (TPSA) is 18.5 Å². The van der Waals surface area contributed by atoms with Crippen molar-refractivity contribution in [1.29, 1.82) is 0 Å². The van der Waals surface area contributed by atoms with Gasteiger partial charge in [0.25, 0.3) is 0 Å². The molecule has 0 heterocycles. The molecule has 2 aromatic rings. The molecule has 2 nitrogen and oxygen atoms in total. The van der Waals surface area contributed by atoms with E-state index in [4.69, 9.17) is 9.47 Å². The Bertz CT molecular complexity index is 681. The van der Waals surface area contributed by atoms with E-state index < -0.39 is 0 Å². The van der Waals surface area contributed by atoms with Crippen LogP contribution < -0.4 is 20.7 Å². The van der Waals surface area contributed by atoms with Crippen LogP contribution in [-0.4, -0.2) is 27.2 Å². The van der Waals surface area contributed by atoms with Crippen LogP contribution in [-0.2, 0) is 4.74 Å². The Hall–Kier alpha value is -0.940. The third-order valence-electron chi connectivity index (χ3n) is 3.73. The van der Waals surface area contributed by atoms with Gasteiger partial charge in [-0.25, -0.2) is 0 Å². The van der Waals surface area contributed by atoms with Gasteiger partial charge >= 0.3 is 0 Å². The van der Waals surface area contributed by atoms with Gasteiger partial charge in [0.15, 0.2) is 6.79 Å². The van der Waals surface area contributed by atoms with E-state index in [2.05, 4.69) is 64.4 Å². The summed E-state index contributed by atoms with van der Waals surface area (Å²) in [6, 6.07) is 11.1. The van der Waals surface area contributed by atoms with Crippen molar-refractivity contribution in [2.45, 2.75) is 20.8 Å². The van der Waals surface area contributed by atoms with Crippen LogP contribution >= 0.6 is 16.5 Å². The Morgan fingerprint density at radius 3 is 2.43 bits per heavy atom. The predicted octanol–water partition coefficient (Wildman–Crippen LogP) is 3.59. The van der Waals surface area contributed by atoms with Crippen molar-refractivity contribution < 1.29 is 9.47 Å². The molecule has 0 aromatic heterocycles. The van der Waals surface area contributed by atoms with Crippen molar-refractivity contribution in [3.05, 3.63) is 47.0 Å². The quantitative estimate of drug-likeness (QED) is 0.587. The minimum absolute atomic E-state index is 0.123. The molecule has 1 atom stereocenters. The van der Waals surface area contributed by atoms with Crippen molar-refractivity contribution in [3.8, 4) is 5.75 Å². The van der Waals surface area contributed by atoms with E-state index in [1.165, 1.54) is 32.6 Å². The summed E-state index contributed by atoms with van der Waals surface area (Å²) in [6.45, 7) is 11.4. The third kappa shape index (κ3) is 4.54. The molecule has 124 valence electrons. The Morgan fingerprint density at radius 2 is 1.78 bits per heavy atom. The molecule has 0 radical (unpaired) electrons.